The fraction of sp³-hybridized carbons (Fsp3) is 0.929. The van der Waals surface area contributed by atoms with Crippen LogP contribution in [0.15, 0.2) is 4.99 Å². The van der Waals surface area contributed by atoms with E-state index in [4.69, 9.17) is 0 Å². The number of rotatable bonds is 6. The molecule has 0 fully saturated rings. The maximum atomic E-state index is 4.67. The van der Waals surface area contributed by atoms with Crippen molar-refractivity contribution in [1.29, 1.82) is 0 Å². The maximum absolute atomic E-state index is 4.67. The van der Waals surface area contributed by atoms with Crippen LogP contribution in [0.25, 0.3) is 0 Å². The smallest absolute Gasteiger partial charge is 0.157 e. The first-order chi connectivity index (χ1) is 8.05. The van der Waals surface area contributed by atoms with Crippen LogP contribution in [0.4, 0.5) is 0 Å². The van der Waals surface area contributed by atoms with Crippen molar-refractivity contribution >= 4 is 16.9 Å². The highest BCUT2D eigenvalue weighted by Gasteiger charge is 2.28. The first kappa shape index (κ1) is 14.9. The Morgan fingerprint density at radius 2 is 1.88 bits per heavy atom. The summed E-state index contributed by atoms with van der Waals surface area (Å²) in [7, 11) is 0. The lowest BCUT2D eigenvalue weighted by molar-refractivity contribution is 0.342. The largest absolute Gasteiger partial charge is 0.360 e. The van der Waals surface area contributed by atoms with Gasteiger partial charge in [0.1, 0.15) is 0 Å². The molecule has 1 rings (SSSR count). The average Bonchev–Trinajstić information content (AvgIpc) is 2.72. The van der Waals surface area contributed by atoms with Gasteiger partial charge in [-0.3, -0.25) is 4.99 Å². The Balaban J connectivity index is 2.48. The molecule has 1 aliphatic heterocycles. The molecule has 0 saturated heterocycles. The molecule has 0 radical (unpaired) electrons. The Hall–Kier alpha value is -0.180. The van der Waals surface area contributed by atoms with Crippen molar-refractivity contribution in [2.24, 2.45) is 10.9 Å². The highest BCUT2D eigenvalue weighted by atomic mass is 32.2. The molecule has 0 aromatic rings. The predicted octanol–water partition coefficient (Wildman–Crippen LogP) is 4.06. The summed E-state index contributed by atoms with van der Waals surface area (Å²) in [5.41, 5.74) is 0.262. The third kappa shape index (κ3) is 4.20. The minimum atomic E-state index is 0.262. The molecule has 17 heavy (non-hydrogen) atoms. The van der Waals surface area contributed by atoms with E-state index in [1.54, 1.807) is 0 Å². The minimum absolute atomic E-state index is 0.262. The second-order valence-electron chi connectivity index (χ2n) is 5.48. The average molecular weight is 256 g/mol. The summed E-state index contributed by atoms with van der Waals surface area (Å²) in [6.45, 7) is 12.4. The maximum Gasteiger partial charge on any atom is 0.157 e. The molecule has 100 valence electrons. The number of aliphatic imine (C=N–C) groups is 1. The second kappa shape index (κ2) is 6.67. The lowest BCUT2D eigenvalue weighted by Gasteiger charge is -2.32. The Kier molecular flexibility index (Phi) is 5.84. The molecule has 0 saturated carbocycles. The lowest BCUT2D eigenvalue weighted by Crippen LogP contribution is -2.45. The van der Waals surface area contributed by atoms with Crippen LogP contribution in [0, 0.1) is 5.92 Å². The summed E-state index contributed by atoms with van der Waals surface area (Å²) in [5.74, 6) is 0.773. The highest BCUT2D eigenvalue weighted by Crippen LogP contribution is 2.28. The van der Waals surface area contributed by atoms with E-state index in [9.17, 15) is 0 Å². The quantitative estimate of drug-likeness (QED) is 0.775. The van der Waals surface area contributed by atoms with Crippen molar-refractivity contribution in [2.45, 2.75) is 71.1 Å². The van der Waals surface area contributed by atoms with Gasteiger partial charge in [-0.15, -0.1) is 0 Å². The summed E-state index contributed by atoms with van der Waals surface area (Å²) in [5, 5.41) is 5.57. The molecule has 1 unspecified atom stereocenters. The van der Waals surface area contributed by atoms with Crippen LogP contribution in [0.2, 0.25) is 0 Å². The van der Waals surface area contributed by atoms with Gasteiger partial charge >= 0.3 is 0 Å². The third-order valence-corrected chi connectivity index (χ3v) is 4.98. The molecule has 3 heteroatoms. The standard InChI is InChI=1S/C14H28N2S/c1-6-14(7-2,8-3)16-13-15-10-12(17-13)9-11(4)5/h11-12H,6-10H2,1-5H3,(H,15,16). The fourth-order valence-electron chi connectivity index (χ4n) is 2.38. The van der Waals surface area contributed by atoms with Crippen LogP contribution in [0.1, 0.15) is 60.3 Å². The molecular formula is C14H28N2S. The van der Waals surface area contributed by atoms with E-state index in [1.165, 1.54) is 30.9 Å². The lowest BCUT2D eigenvalue weighted by atomic mass is 9.90. The van der Waals surface area contributed by atoms with Gasteiger partial charge in [0.25, 0.3) is 0 Å². The van der Waals surface area contributed by atoms with Gasteiger partial charge in [0.2, 0.25) is 0 Å². The first-order valence-corrected chi connectivity index (χ1v) is 7.92. The van der Waals surface area contributed by atoms with E-state index in [0.29, 0.717) is 5.25 Å². The molecule has 0 spiro atoms. The van der Waals surface area contributed by atoms with Gasteiger partial charge in [0.05, 0.1) is 6.54 Å². The van der Waals surface area contributed by atoms with Crippen molar-refractivity contribution < 1.29 is 0 Å². The SMILES string of the molecule is CCC(CC)(CC)NC1=NCC(CC(C)C)S1. The van der Waals surface area contributed by atoms with Crippen molar-refractivity contribution in [3.05, 3.63) is 0 Å². The van der Waals surface area contributed by atoms with E-state index < -0.39 is 0 Å². The molecule has 1 heterocycles. The molecule has 1 N–H and O–H groups in total. The summed E-state index contributed by atoms with van der Waals surface area (Å²) in [4.78, 5) is 4.67. The van der Waals surface area contributed by atoms with E-state index in [2.05, 4.69) is 44.9 Å². The van der Waals surface area contributed by atoms with Gasteiger partial charge in [-0.05, 0) is 31.6 Å². The minimum Gasteiger partial charge on any atom is -0.360 e. The van der Waals surface area contributed by atoms with Crippen LogP contribution in [0.5, 0.6) is 0 Å². The number of nitrogens with zero attached hydrogens (tertiary/aromatic N) is 1. The highest BCUT2D eigenvalue weighted by molar-refractivity contribution is 8.14. The van der Waals surface area contributed by atoms with Gasteiger partial charge in [-0.2, -0.15) is 0 Å². The molecule has 1 atom stereocenters. The molecule has 0 aromatic carbocycles. The molecule has 1 aliphatic rings. The number of hydrogen-bond donors (Lipinski definition) is 1. The van der Waals surface area contributed by atoms with E-state index in [0.717, 1.165) is 12.5 Å². The van der Waals surface area contributed by atoms with Crippen LogP contribution in [-0.2, 0) is 0 Å². The molecule has 0 aliphatic carbocycles. The molecule has 0 aromatic heterocycles. The summed E-state index contributed by atoms with van der Waals surface area (Å²) in [6.07, 6.45) is 4.80. The Morgan fingerprint density at radius 3 is 2.35 bits per heavy atom. The Labute approximate surface area is 111 Å². The zero-order valence-corrected chi connectivity index (χ0v) is 12.9. The van der Waals surface area contributed by atoms with E-state index in [-0.39, 0.29) is 5.54 Å². The number of nitrogens with one attached hydrogen (secondary N) is 1. The van der Waals surface area contributed by atoms with E-state index >= 15 is 0 Å². The second-order valence-corrected chi connectivity index (χ2v) is 6.77. The van der Waals surface area contributed by atoms with Gasteiger partial charge in [-0.1, -0.05) is 46.4 Å². The van der Waals surface area contributed by atoms with E-state index in [1.807, 2.05) is 11.8 Å². The van der Waals surface area contributed by atoms with Crippen molar-refractivity contribution in [3.63, 3.8) is 0 Å². The van der Waals surface area contributed by atoms with Gasteiger partial charge in [-0.25, -0.2) is 0 Å². The fourth-order valence-corrected chi connectivity index (χ4v) is 3.75. The number of hydrogen-bond acceptors (Lipinski definition) is 3. The van der Waals surface area contributed by atoms with Crippen LogP contribution in [0.3, 0.4) is 0 Å². The molecule has 2 nitrogen and oxygen atoms in total. The topological polar surface area (TPSA) is 24.4 Å². The summed E-state index contributed by atoms with van der Waals surface area (Å²) < 4.78 is 0. The van der Waals surface area contributed by atoms with Crippen molar-refractivity contribution in [3.8, 4) is 0 Å². The van der Waals surface area contributed by atoms with Gasteiger partial charge < -0.3 is 5.32 Å². The van der Waals surface area contributed by atoms with Crippen LogP contribution >= 0.6 is 11.8 Å². The number of amidine groups is 1. The number of thioether (sulfide) groups is 1. The monoisotopic (exact) mass is 256 g/mol. The van der Waals surface area contributed by atoms with Crippen molar-refractivity contribution in [1.82, 2.24) is 5.32 Å². The Bertz CT molecular complexity index is 249. The van der Waals surface area contributed by atoms with Crippen LogP contribution in [-0.4, -0.2) is 22.5 Å². The summed E-state index contributed by atoms with van der Waals surface area (Å²) in [6, 6.07) is 0. The molecular weight excluding hydrogens is 228 g/mol. The van der Waals surface area contributed by atoms with Crippen LogP contribution < -0.4 is 5.32 Å². The molecule has 0 amide bonds. The van der Waals surface area contributed by atoms with Gasteiger partial charge in [0, 0.05) is 10.8 Å². The summed E-state index contributed by atoms with van der Waals surface area (Å²) >= 11 is 1.95. The third-order valence-electron chi connectivity index (χ3n) is 3.85. The zero-order valence-electron chi connectivity index (χ0n) is 12.0. The molecule has 0 bridgehead atoms. The van der Waals surface area contributed by atoms with Crippen molar-refractivity contribution in [2.75, 3.05) is 6.54 Å². The normalized spacial score (nSPS) is 20.8. The zero-order chi connectivity index (χ0) is 12.9. The van der Waals surface area contributed by atoms with Gasteiger partial charge in [0.15, 0.2) is 5.17 Å². The predicted molar refractivity (Wildman–Crippen MR) is 79.9 cm³/mol. The Morgan fingerprint density at radius 1 is 1.29 bits per heavy atom. The first-order valence-electron chi connectivity index (χ1n) is 7.04.